The fourth-order valence-electron chi connectivity index (χ4n) is 1.78. The first-order valence-corrected chi connectivity index (χ1v) is 6.14. The lowest BCUT2D eigenvalue weighted by Gasteiger charge is -2.16. The minimum absolute atomic E-state index is 0.0473. The Morgan fingerprint density at radius 3 is 2.67 bits per heavy atom. The van der Waals surface area contributed by atoms with E-state index >= 15 is 0 Å². The molecule has 1 N–H and O–H groups in total. The molecule has 0 aliphatic rings. The first kappa shape index (κ1) is 12.8. The average molecular weight is 266 g/mol. The molecule has 4 heteroatoms. The van der Waals surface area contributed by atoms with E-state index in [-0.39, 0.29) is 6.04 Å². The summed E-state index contributed by atoms with van der Waals surface area (Å²) in [7, 11) is 1.64. The smallest absolute Gasteiger partial charge is 0.142 e. The van der Waals surface area contributed by atoms with Gasteiger partial charge in [-0.15, -0.1) is 0 Å². The van der Waals surface area contributed by atoms with Crippen LogP contribution in [-0.4, -0.2) is 7.11 Å². The Balaban J connectivity index is 2.20. The van der Waals surface area contributed by atoms with Crippen molar-refractivity contribution in [2.45, 2.75) is 19.9 Å². The quantitative estimate of drug-likeness (QED) is 0.888. The molecule has 0 amide bonds. The molecule has 0 aliphatic heterocycles. The maximum atomic E-state index is 5.99. The summed E-state index contributed by atoms with van der Waals surface area (Å²) < 4.78 is 10.9. The summed E-state index contributed by atoms with van der Waals surface area (Å²) in [4.78, 5) is 0. The van der Waals surface area contributed by atoms with Crippen LogP contribution in [0.2, 0.25) is 5.02 Å². The zero-order valence-electron chi connectivity index (χ0n) is 10.7. The maximum Gasteiger partial charge on any atom is 0.142 e. The second-order valence-corrected chi connectivity index (χ2v) is 4.60. The van der Waals surface area contributed by atoms with Crippen LogP contribution < -0.4 is 10.1 Å². The highest BCUT2D eigenvalue weighted by Gasteiger charge is 2.12. The van der Waals surface area contributed by atoms with Crippen LogP contribution in [0.5, 0.6) is 5.75 Å². The van der Waals surface area contributed by atoms with Gasteiger partial charge in [0.05, 0.1) is 18.8 Å². The Hall–Kier alpha value is -1.61. The van der Waals surface area contributed by atoms with E-state index in [1.54, 1.807) is 13.2 Å². The van der Waals surface area contributed by atoms with Crippen LogP contribution in [0.25, 0.3) is 0 Å². The van der Waals surface area contributed by atoms with Crippen LogP contribution in [0.4, 0.5) is 5.69 Å². The summed E-state index contributed by atoms with van der Waals surface area (Å²) in [5, 5.41) is 4.00. The Labute approximate surface area is 112 Å². The van der Waals surface area contributed by atoms with E-state index in [4.69, 9.17) is 20.8 Å². The van der Waals surface area contributed by atoms with Crippen LogP contribution in [0.3, 0.4) is 0 Å². The van der Waals surface area contributed by atoms with Crippen molar-refractivity contribution in [1.29, 1.82) is 0 Å². The first-order chi connectivity index (χ1) is 8.60. The summed E-state index contributed by atoms with van der Waals surface area (Å²) >= 11 is 5.99. The Morgan fingerprint density at radius 2 is 2.06 bits per heavy atom. The molecule has 0 saturated carbocycles. The third-order valence-electron chi connectivity index (χ3n) is 2.72. The molecule has 2 rings (SSSR count). The summed E-state index contributed by atoms with van der Waals surface area (Å²) in [5.74, 6) is 2.54. The van der Waals surface area contributed by atoms with E-state index in [0.29, 0.717) is 5.02 Å². The van der Waals surface area contributed by atoms with Gasteiger partial charge in [0, 0.05) is 5.02 Å². The van der Waals surface area contributed by atoms with E-state index in [9.17, 15) is 0 Å². The molecule has 1 aromatic heterocycles. The first-order valence-electron chi connectivity index (χ1n) is 5.76. The van der Waals surface area contributed by atoms with Crippen LogP contribution in [0.1, 0.15) is 24.5 Å². The summed E-state index contributed by atoms with van der Waals surface area (Å²) in [5.41, 5.74) is 0.853. The lowest BCUT2D eigenvalue weighted by molar-refractivity contribution is 0.415. The number of methoxy groups -OCH3 is 1. The third-order valence-corrected chi connectivity index (χ3v) is 2.96. The van der Waals surface area contributed by atoms with Crippen LogP contribution >= 0.6 is 11.6 Å². The number of benzene rings is 1. The van der Waals surface area contributed by atoms with Gasteiger partial charge in [0.1, 0.15) is 17.3 Å². The van der Waals surface area contributed by atoms with Crippen molar-refractivity contribution in [2.75, 3.05) is 12.4 Å². The minimum Gasteiger partial charge on any atom is -0.495 e. The number of nitrogens with one attached hydrogen (secondary N) is 1. The molecular weight excluding hydrogens is 250 g/mol. The zero-order valence-corrected chi connectivity index (χ0v) is 11.4. The number of aryl methyl sites for hydroxylation is 1. The van der Waals surface area contributed by atoms with Gasteiger partial charge in [-0.25, -0.2) is 0 Å². The van der Waals surface area contributed by atoms with E-state index < -0.39 is 0 Å². The number of hydrogen-bond acceptors (Lipinski definition) is 3. The number of ether oxygens (including phenoxy) is 1. The summed E-state index contributed by atoms with van der Waals surface area (Å²) in [6, 6.07) is 9.43. The largest absolute Gasteiger partial charge is 0.495 e. The SMILES string of the molecule is COc1ccc(Cl)cc1NC(C)c1ccc(C)o1. The predicted molar refractivity (Wildman–Crippen MR) is 73.5 cm³/mol. The molecule has 3 nitrogen and oxygen atoms in total. The van der Waals surface area contributed by atoms with Crippen molar-refractivity contribution in [3.05, 3.63) is 46.9 Å². The lowest BCUT2D eigenvalue weighted by Crippen LogP contribution is -2.06. The number of hydrogen-bond donors (Lipinski definition) is 1. The monoisotopic (exact) mass is 265 g/mol. The van der Waals surface area contributed by atoms with Crippen LogP contribution in [0.15, 0.2) is 34.7 Å². The van der Waals surface area contributed by atoms with Gasteiger partial charge in [0.15, 0.2) is 0 Å². The molecule has 0 saturated heterocycles. The Bertz CT molecular complexity index is 536. The topological polar surface area (TPSA) is 34.4 Å². The van der Waals surface area contributed by atoms with Gasteiger partial charge in [0.25, 0.3) is 0 Å². The molecule has 1 aromatic carbocycles. The Kier molecular flexibility index (Phi) is 3.82. The summed E-state index contributed by atoms with van der Waals surface area (Å²) in [6.45, 7) is 3.95. The normalized spacial score (nSPS) is 12.2. The second-order valence-electron chi connectivity index (χ2n) is 4.16. The molecule has 0 fully saturated rings. The zero-order chi connectivity index (χ0) is 13.1. The molecule has 1 atom stereocenters. The molecule has 0 radical (unpaired) electrons. The number of halogens is 1. The van der Waals surface area contributed by atoms with Crippen molar-refractivity contribution in [2.24, 2.45) is 0 Å². The minimum atomic E-state index is 0.0473. The van der Waals surface area contributed by atoms with Crippen molar-refractivity contribution in [3.8, 4) is 5.75 Å². The molecule has 0 spiro atoms. The second kappa shape index (κ2) is 5.36. The fourth-order valence-corrected chi connectivity index (χ4v) is 1.96. The van der Waals surface area contributed by atoms with E-state index in [2.05, 4.69) is 5.32 Å². The third kappa shape index (κ3) is 2.79. The van der Waals surface area contributed by atoms with Crippen molar-refractivity contribution in [3.63, 3.8) is 0 Å². The van der Waals surface area contributed by atoms with Crippen molar-refractivity contribution in [1.82, 2.24) is 0 Å². The van der Waals surface area contributed by atoms with E-state index in [0.717, 1.165) is 23.0 Å². The lowest BCUT2D eigenvalue weighted by atomic mass is 10.2. The van der Waals surface area contributed by atoms with Gasteiger partial charge in [-0.2, -0.15) is 0 Å². The van der Waals surface area contributed by atoms with Gasteiger partial charge in [-0.1, -0.05) is 11.6 Å². The Morgan fingerprint density at radius 1 is 1.28 bits per heavy atom. The molecule has 0 aliphatic carbocycles. The van der Waals surface area contributed by atoms with Gasteiger partial charge in [0.2, 0.25) is 0 Å². The van der Waals surface area contributed by atoms with E-state index in [1.807, 2.05) is 38.1 Å². The van der Waals surface area contributed by atoms with Gasteiger partial charge < -0.3 is 14.5 Å². The number of rotatable bonds is 4. The summed E-state index contributed by atoms with van der Waals surface area (Å²) in [6.07, 6.45) is 0. The molecular formula is C14H16ClNO2. The van der Waals surface area contributed by atoms with Gasteiger partial charge in [-0.05, 0) is 44.2 Å². The average Bonchev–Trinajstić information content (AvgIpc) is 2.76. The predicted octanol–water partition coefficient (Wildman–Crippen LogP) is 4.42. The molecule has 1 unspecified atom stereocenters. The van der Waals surface area contributed by atoms with Crippen molar-refractivity contribution < 1.29 is 9.15 Å². The van der Waals surface area contributed by atoms with Crippen LogP contribution in [-0.2, 0) is 0 Å². The van der Waals surface area contributed by atoms with Gasteiger partial charge >= 0.3 is 0 Å². The standard InChI is InChI=1S/C14H16ClNO2/c1-9-4-6-13(18-9)10(2)16-12-8-11(15)5-7-14(12)17-3/h4-8,10,16H,1-3H3. The van der Waals surface area contributed by atoms with E-state index in [1.165, 1.54) is 0 Å². The van der Waals surface area contributed by atoms with Gasteiger partial charge in [-0.3, -0.25) is 0 Å². The molecule has 18 heavy (non-hydrogen) atoms. The highest BCUT2D eigenvalue weighted by Crippen LogP contribution is 2.31. The maximum absolute atomic E-state index is 5.99. The molecule has 1 heterocycles. The molecule has 2 aromatic rings. The number of furan rings is 1. The van der Waals surface area contributed by atoms with Crippen LogP contribution in [0, 0.1) is 6.92 Å². The molecule has 96 valence electrons. The fraction of sp³-hybridized carbons (Fsp3) is 0.286. The highest BCUT2D eigenvalue weighted by atomic mass is 35.5. The highest BCUT2D eigenvalue weighted by molar-refractivity contribution is 6.30. The van der Waals surface area contributed by atoms with Crippen molar-refractivity contribution >= 4 is 17.3 Å². The number of anilines is 1. The molecule has 0 bridgehead atoms.